The van der Waals surface area contributed by atoms with Gasteiger partial charge in [0.1, 0.15) is 0 Å². The van der Waals surface area contributed by atoms with E-state index in [9.17, 15) is 4.79 Å². The lowest BCUT2D eigenvalue weighted by atomic mass is 10.2. The summed E-state index contributed by atoms with van der Waals surface area (Å²) in [5, 5.41) is 12.4. The number of aliphatic carboxylic acids is 1. The summed E-state index contributed by atoms with van der Waals surface area (Å²) in [5.41, 5.74) is 0. The Morgan fingerprint density at radius 3 is 3.29 bits per heavy atom. The molecule has 0 aromatic carbocycles. The molecule has 1 unspecified atom stereocenters. The van der Waals surface area contributed by atoms with Crippen LogP contribution in [0.2, 0.25) is 0 Å². The molecule has 0 radical (unpaired) electrons. The second-order valence-electron chi connectivity index (χ2n) is 3.31. The summed E-state index contributed by atoms with van der Waals surface area (Å²) < 4.78 is 4.65. The fourth-order valence-corrected chi connectivity index (χ4v) is 1.81. The Labute approximate surface area is 80.5 Å². The van der Waals surface area contributed by atoms with Gasteiger partial charge in [-0.05, 0) is 19.4 Å². The second-order valence-corrected chi connectivity index (χ2v) is 3.31. The van der Waals surface area contributed by atoms with E-state index < -0.39 is 5.97 Å². The van der Waals surface area contributed by atoms with Gasteiger partial charge in [0.15, 0.2) is 5.82 Å². The van der Waals surface area contributed by atoms with E-state index in [0.29, 0.717) is 5.82 Å². The summed E-state index contributed by atoms with van der Waals surface area (Å²) in [6.07, 6.45) is 3.14. The van der Waals surface area contributed by atoms with Crippen LogP contribution in [0.3, 0.4) is 0 Å². The Morgan fingerprint density at radius 1 is 1.79 bits per heavy atom. The van der Waals surface area contributed by atoms with E-state index >= 15 is 0 Å². The van der Waals surface area contributed by atoms with Gasteiger partial charge in [0.25, 0.3) is 0 Å². The number of carboxylic acid groups (broad SMARTS) is 1. The number of rotatable bonds is 3. The maximum absolute atomic E-state index is 10.6. The summed E-state index contributed by atoms with van der Waals surface area (Å²) in [4.78, 5) is 16.4. The van der Waals surface area contributed by atoms with E-state index in [1.165, 1.54) is 6.39 Å². The predicted octanol–water partition coefficient (Wildman–Crippen LogP) is 0.291. The van der Waals surface area contributed by atoms with Gasteiger partial charge in [-0.1, -0.05) is 5.16 Å². The van der Waals surface area contributed by atoms with Gasteiger partial charge in [-0.15, -0.1) is 0 Å². The standard InChI is InChI=1S/C8H11N3O3/c12-7(13)4-11-3-1-2-6(11)8-9-5-14-10-8/h5-6H,1-4H2,(H,12,13). The first-order valence-corrected chi connectivity index (χ1v) is 4.49. The fourth-order valence-electron chi connectivity index (χ4n) is 1.81. The number of nitrogens with zero attached hydrogens (tertiary/aromatic N) is 3. The summed E-state index contributed by atoms with van der Waals surface area (Å²) in [6.45, 7) is 0.824. The highest BCUT2D eigenvalue weighted by Gasteiger charge is 2.30. The van der Waals surface area contributed by atoms with Crippen molar-refractivity contribution in [3.8, 4) is 0 Å². The van der Waals surface area contributed by atoms with E-state index in [2.05, 4.69) is 14.7 Å². The van der Waals surface area contributed by atoms with Crippen LogP contribution in [0.4, 0.5) is 0 Å². The number of carbonyl (C=O) groups is 1. The Hall–Kier alpha value is -1.43. The molecule has 1 aromatic heterocycles. The van der Waals surface area contributed by atoms with Crippen LogP contribution in [0.5, 0.6) is 0 Å². The molecule has 6 nitrogen and oxygen atoms in total. The highest BCUT2D eigenvalue weighted by molar-refractivity contribution is 5.69. The first-order chi connectivity index (χ1) is 6.77. The average Bonchev–Trinajstić information content (AvgIpc) is 2.70. The summed E-state index contributed by atoms with van der Waals surface area (Å²) in [7, 11) is 0. The lowest BCUT2D eigenvalue weighted by Gasteiger charge is -2.18. The first-order valence-electron chi connectivity index (χ1n) is 4.49. The molecule has 1 atom stereocenters. The topological polar surface area (TPSA) is 79.5 Å². The maximum Gasteiger partial charge on any atom is 0.317 e. The zero-order valence-electron chi connectivity index (χ0n) is 7.59. The molecule has 0 spiro atoms. The molecule has 0 bridgehead atoms. The molecule has 1 aliphatic rings. The van der Waals surface area contributed by atoms with Gasteiger partial charge in [-0.3, -0.25) is 9.69 Å². The second kappa shape index (κ2) is 3.75. The number of aromatic nitrogens is 2. The van der Waals surface area contributed by atoms with Crippen molar-refractivity contribution >= 4 is 5.97 Å². The van der Waals surface area contributed by atoms with Crippen molar-refractivity contribution < 1.29 is 14.4 Å². The molecule has 2 heterocycles. The molecule has 0 aliphatic carbocycles. The van der Waals surface area contributed by atoms with E-state index in [4.69, 9.17) is 5.11 Å². The zero-order valence-corrected chi connectivity index (χ0v) is 7.59. The fraction of sp³-hybridized carbons (Fsp3) is 0.625. The van der Waals surface area contributed by atoms with Crippen molar-refractivity contribution in [2.45, 2.75) is 18.9 Å². The predicted molar refractivity (Wildman–Crippen MR) is 45.5 cm³/mol. The Bertz CT molecular complexity index is 312. The molecule has 0 saturated carbocycles. The smallest absolute Gasteiger partial charge is 0.317 e. The minimum atomic E-state index is -0.819. The molecule has 1 aliphatic heterocycles. The monoisotopic (exact) mass is 197 g/mol. The van der Waals surface area contributed by atoms with Crippen molar-refractivity contribution in [2.75, 3.05) is 13.1 Å². The average molecular weight is 197 g/mol. The summed E-state index contributed by atoms with van der Waals surface area (Å²) in [5.74, 6) is -0.232. The van der Waals surface area contributed by atoms with E-state index in [1.54, 1.807) is 0 Å². The van der Waals surface area contributed by atoms with Gasteiger partial charge in [0.05, 0.1) is 12.6 Å². The quantitative estimate of drug-likeness (QED) is 0.750. The van der Waals surface area contributed by atoms with E-state index in [-0.39, 0.29) is 12.6 Å². The minimum absolute atomic E-state index is 0.00449. The van der Waals surface area contributed by atoms with Crippen LogP contribution in [0.25, 0.3) is 0 Å². The van der Waals surface area contributed by atoms with Crippen LogP contribution in [0.15, 0.2) is 10.9 Å². The van der Waals surface area contributed by atoms with Crippen LogP contribution >= 0.6 is 0 Å². The first kappa shape index (κ1) is 9.14. The molecular weight excluding hydrogens is 186 g/mol. The molecule has 1 N–H and O–H groups in total. The van der Waals surface area contributed by atoms with Crippen molar-refractivity contribution in [2.24, 2.45) is 0 Å². The number of likely N-dealkylation sites (tertiary alicyclic amines) is 1. The molecule has 1 saturated heterocycles. The van der Waals surface area contributed by atoms with Crippen LogP contribution in [0, 0.1) is 0 Å². The lowest BCUT2D eigenvalue weighted by molar-refractivity contribution is -0.138. The van der Waals surface area contributed by atoms with Crippen LogP contribution in [-0.2, 0) is 4.79 Å². The van der Waals surface area contributed by atoms with Crippen molar-refractivity contribution in [3.05, 3.63) is 12.2 Å². The summed E-state index contributed by atoms with van der Waals surface area (Å²) >= 11 is 0. The van der Waals surface area contributed by atoms with Crippen molar-refractivity contribution in [1.29, 1.82) is 0 Å². The van der Waals surface area contributed by atoms with Crippen molar-refractivity contribution in [1.82, 2.24) is 15.0 Å². The van der Waals surface area contributed by atoms with Gasteiger partial charge >= 0.3 is 5.97 Å². The van der Waals surface area contributed by atoms with Gasteiger partial charge in [-0.2, -0.15) is 4.98 Å². The van der Waals surface area contributed by atoms with Crippen molar-refractivity contribution in [3.63, 3.8) is 0 Å². The Morgan fingerprint density at radius 2 is 2.64 bits per heavy atom. The van der Waals surface area contributed by atoms with Gasteiger partial charge < -0.3 is 9.63 Å². The maximum atomic E-state index is 10.6. The molecule has 1 fully saturated rings. The SMILES string of the molecule is O=C(O)CN1CCCC1c1ncon1. The highest BCUT2D eigenvalue weighted by Crippen LogP contribution is 2.28. The van der Waals surface area contributed by atoms with E-state index in [1.807, 2.05) is 4.90 Å². The molecule has 1 aromatic rings. The number of hydrogen-bond donors (Lipinski definition) is 1. The summed E-state index contributed by atoms with van der Waals surface area (Å²) in [6, 6.07) is 0.00449. The third kappa shape index (κ3) is 1.74. The third-order valence-corrected chi connectivity index (χ3v) is 2.38. The lowest BCUT2D eigenvalue weighted by Crippen LogP contribution is -2.29. The third-order valence-electron chi connectivity index (χ3n) is 2.38. The van der Waals surface area contributed by atoms with Gasteiger partial charge in [0, 0.05) is 0 Å². The largest absolute Gasteiger partial charge is 0.480 e. The van der Waals surface area contributed by atoms with E-state index in [0.717, 1.165) is 19.4 Å². The minimum Gasteiger partial charge on any atom is -0.480 e. The molecule has 0 amide bonds. The molecule has 2 rings (SSSR count). The van der Waals surface area contributed by atoms with Crippen LogP contribution in [-0.4, -0.2) is 39.2 Å². The normalized spacial score (nSPS) is 22.7. The molecule has 6 heteroatoms. The Balaban J connectivity index is 2.07. The van der Waals surface area contributed by atoms with Gasteiger partial charge in [0.2, 0.25) is 6.39 Å². The zero-order chi connectivity index (χ0) is 9.97. The van der Waals surface area contributed by atoms with Crippen LogP contribution < -0.4 is 0 Å². The number of carboxylic acids is 1. The van der Waals surface area contributed by atoms with Crippen LogP contribution in [0.1, 0.15) is 24.7 Å². The number of hydrogen-bond acceptors (Lipinski definition) is 5. The Kier molecular flexibility index (Phi) is 2.45. The molecular formula is C8H11N3O3. The van der Waals surface area contributed by atoms with Gasteiger partial charge in [-0.25, -0.2) is 0 Å². The molecule has 76 valence electrons. The highest BCUT2D eigenvalue weighted by atomic mass is 16.5. The molecule has 14 heavy (non-hydrogen) atoms.